The Balaban J connectivity index is 0.0000001000. The first-order chi connectivity index (χ1) is 13.4. The van der Waals surface area contributed by atoms with E-state index in [0.29, 0.717) is 0 Å². The van der Waals surface area contributed by atoms with E-state index in [1.165, 1.54) is 0 Å². The number of rotatable bonds is 0. The standard InChI is InChI=1S/2C7H6N2.C6H5N3/c1-2-6-9-7(3-1)4-5-8-9;1-2-4-9-6-8-5-7(9)3-1;1-2-7-3-6-5(1)8-4-9-6/h2*1-6H;1-4H,(H,8,9). The number of aromatic nitrogens is 7. The highest BCUT2D eigenvalue weighted by Gasteiger charge is 1.89. The number of imidazole rings is 2. The molecule has 0 aliphatic carbocycles. The Morgan fingerprint density at radius 1 is 0.778 bits per heavy atom. The molecule has 6 aromatic rings. The molecule has 0 aromatic carbocycles. The molecular formula is C20H17N7. The summed E-state index contributed by atoms with van der Waals surface area (Å²) in [5, 5.41) is 4.04. The summed E-state index contributed by atoms with van der Waals surface area (Å²) in [5.41, 5.74) is 4.22. The van der Waals surface area contributed by atoms with Crippen molar-refractivity contribution in [2.24, 2.45) is 0 Å². The van der Waals surface area contributed by atoms with Crippen LogP contribution in [0.15, 0.2) is 98.4 Å². The molecule has 7 heteroatoms. The summed E-state index contributed by atoms with van der Waals surface area (Å²) >= 11 is 0. The van der Waals surface area contributed by atoms with Crippen molar-refractivity contribution in [3.05, 3.63) is 98.4 Å². The van der Waals surface area contributed by atoms with Crippen LogP contribution in [-0.4, -0.2) is 34.0 Å². The second-order valence-electron chi connectivity index (χ2n) is 5.62. The lowest BCUT2D eigenvalue weighted by atomic mass is 10.4. The zero-order valence-electron chi connectivity index (χ0n) is 14.4. The lowest BCUT2D eigenvalue weighted by Gasteiger charge is -1.86. The van der Waals surface area contributed by atoms with Crippen LogP contribution in [0.2, 0.25) is 0 Å². The van der Waals surface area contributed by atoms with Crippen molar-refractivity contribution in [3.8, 4) is 0 Å². The van der Waals surface area contributed by atoms with Gasteiger partial charge >= 0.3 is 0 Å². The number of fused-ring (bicyclic) bond motifs is 3. The van der Waals surface area contributed by atoms with E-state index in [1.54, 1.807) is 31.2 Å². The number of nitrogens with zero attached hydrogens (tertiary/aromatic N) is 6. The fourth-order valence-electron chi connectivity index (χ4n) is 2.51. The molecule has 6 rings (SSSR count). The quantitative estimate of drug-likeness (QED) is 0.451. The molecule has 0 fully saturated rings. The van der Waals surface area contributed by atoms with Crippen LogP contribution in [0.25, 0.3) is 22.1 Å². The summed E-state index contributed by atoms with van der Waals surface area (Å²) in [6.45, 7) is 0. The Morgan fingerprint density at radius 2 is 1.67 bits per heavy atom. The van der Waals surface area contributed by atoms with E-state index in [0.717, 1.165) is 22.1 Å². The molecule has 0 saturated carbocycles. The molecule has 0 spiro atoms. The zero-order valence-corrected chi connectivity index (χ0v) is 14.4. The second-order valence-corrected chi connectivity index (χ2v) is 5.62. The minimum atomic E-state index is 0.963. The van der Waals surface area contributed by atoms with Gasteiger partial charge in [0.25, 0.3) is 0 Å². The van der Waals surface area contributed by atoms with E-state index in [2.05, 4.69) is 25.0 Å². The molecule has 0 atom stereocenters. The molecular weight excluding hydrogens is 338 g/mol. The molecule has 0 unspecified atom stereocenters. The molecule has 0 amide bonds. The Labute approximate surface area is 155 Å². The normalized spacial score (nSPS) is 10.2. The maximum absolute atomic E-state index is 4.04. The number of aromatic amines is 1. The van der Waals surface area contributed by atoms with Gasteiger partial charge in [-0.2, -0.15) is 5.10 Å². The van der Waals surface area contributed by atoms with Crippen molar-refractivity contribution < 1.29 is 0 Å². The van der Waals surface area contributed by atoms with Crippen molar-refractivity contribution in [1.29, 1.82) is 0 Å². The summed E-state index contributed by atoms with van der Waals surface area (Å²) in [5.74, 6) is 0. The van der Waals surface area contributed by atoms with E-state index in [9.17, 15) is 0 Å². The Morgan fingerprint density at radius 3 is 2.52 bits per heavy atom. The number of H-pyrrole nitrogens is 1. The summed E-state index contributed by atoms with van der Waals surface area (Å²) in [4.78, 5) is 14.8. The Hall–Kier alpha value is -4.00. The summed E-state index contributed by atoms with van der Waals surface area (Å²) in [6.07, 6.45) is 14.4. The van der Waals surface area contributed by atoms with Crippen LogP contribution in [0.1, 0.15) is 0 Å². The van der Waals surface area contributed by atoms with E-state index in [-0.39, 0.29) is 0 Å². The van der Waals surface area contributed by atoms with Gasteiger partial charge in [-0.05, 0) is 36.4 Å². The minimum absolute atomic E-state index is 0.963. The predicted octanol–water partition coefficient (Wildman–Crippen LogP) is 3.63. The van der Waals surface area contributed by atoms with E-state index >= 15 is 0 Å². The molecule has 7 nitrogen and oxygen atoms in total. The largest absolute Gasteiger partial charge is 0.343 e. The van der Waals surface area contributed by atoms with Gasteiger partial charge in [0.05, 0.1) is 47.1 Å². The zero-order chi connectivity index (χ0) is 18.3. The van der Waals surface area contributed by atoms with Gasteiger partial charge in [0, 0.05) is 24.8 Å². The average molecular weight is 355 g/mol. The second kappa shape index (κ2) is 7.92. The van der Waals surface area contributed by atoms with E-state index in [1.807, 2.05) is 76.0 Å². The van der Waals surface area contributed by atoms with Crippen LogP contribution < -0.4 is 0 Å². The molecule has 0 radical (unpaired) electrons. The fraction of sp³-hybridized carbons (Fsp3) is 0. The van der Waals surface area contributed by atoms with E-state index < -0.39 is 0 Å². The highest BCUT2D eigenvalue weighted by Crippen LogP contribution is 2.03. The smallest absolute Gasteiger partial charge is 0.0991 e. The Bertz CT molecular complexity index is 1000. The topological polar surface area (TPSA) is 76.2 Å². The van der Waals surface area contributed by atoms with Crippen molar-refractivity contribution in [3.63, 3.8) is 0 Å². The molecule has 0 saturated heterocycles. The SMILES string of the molecule is c1cc2nc[nH]c2cn1.c1ccn2cncc2c1.c1ccn2nccc2c1. The highest BCUT2D eigenvalue weighted by molar-refractivity contribution is 5.72. The van der Waals surface area contributed by atoms with Crippen LogP contribution in [0, 0.1) is 0 Å². The van der Waals surface area contributed by atoms with Crippen molar-refractivity contribution >= 4 is 22.1 Å². The maximum atomic E-state index is 4.04. The van der Waals surface area contributed by atoms with Gasteiger partial charge in [0.15, 0.2) is 0 Å². The molecule has 6 heterocycles. The molecule has 6 aromatic heterocycles. The van der Waals surface area contributed by atoms with Crippen LogP contribution >= 0.6 is 0 Å². The first-order valence-corrected chi connectivity index (χ1v) is 8.38. The molecule has 27 heavy (non-hydrogen) atoms. The van der Waals surface area contributed by atoms with Gasteiger partial charge in [-0.1, -0.05) is 12.1 Å². The average Bonchev–Trinajstić information content (AvgIpc) is 3.48. The fourth-order valence-corrected chi connectivity index (χ4v) is 2.51. The van der Waals surface area contributed by atoms with Crippen LogP contribution in [-0.2, 0) is 0 Å². The van der Waals surface area contributed by atoms with E-state index in [4.69, 9.17) is 0 Å². The first-order valence-electron chi connectivity index (χ1n) is 8.38. The number of hydrogen-bond acceptors (Lipinski definition) is 4. The van der Waals surface area contributed by atoms with Gasteiger partial charge in [0.1, 0.15) is 0 Å². The van der Waals surface area contributed by atoms with Gasteiger partial charge in [-0.15, -0.1) is 0 Å². The van der Waals surface area contributed by atoms with Gasteiger partial charge in [0.2, 0.25) is 0 Å². The number of nitrogens with one attached hydrogen (secondary N) is 1. The number of hydrogen-bond donors (Lipinski definition) is 1. The molecule has 0 aliphatic heterocycles. The lowest BCUT2D eigenvalue weighted by Crippen LogP contribution is -1.81. The third kappa shape index (κ3) is 3.98. The lowest BCUT2D eigenvalue weighted by molar-refractivity contribution is 0.961. The van der Waals surface area contributed by atoms with Gasteiger partial charge in [-0.25, -0.2) is 14.5 Å². The van der Waals surface area contributed by atoms with Crippen LogP contribution in [0.4, 0.5) is 0 Å². The third-order valence-corrected chi connectivity index (χ3v) is 3.85. The third-order valence-electron chi connectivity index (χ3n) is 3.85. The molecule has 1 N–H and O–H groups in total. The summed E-state index contributed by atoms with van der Waals surface area (Å²) in [6, 6.07) is 15.8. The predicted molar refractivity (Wildman–Crippen MR) is 104 cm³/mol. The van der Waals surface area contributed by atoms with Gasteiger partial charge < -0.3 is 9.38 Å². The molecule has 132 valence electrons. The number of pyridine rings is 3. The summed E-state index contributed by atoms with van der Waals surface area (Å²) in [7, 11) is 0. The highest BCUT2D eigenvalue weighted by atomic mass is 15.2. The van der Waals surface area contributed by atoms with Crippen LogP contribution in [0.5, 0.6) is 0 Å². The molecule has 0 aliphatic rings. The van der Waals surface area contributed by atoms with Crippen LogP contribution in [0.3, 0.4) is 0 Å². The van der Waals surface area contributed by atoms with Crippen molar-refractivity contribution in [1.82, 2.24) is 34.0 Å². The summed E-state index contributed by atoms with van der Waals surface area (Å²) < 4.78 is 3.81. The maximum Gasteiger partial charge on any atom is 0.0991 e. The monoisotopic (exact) mass is 355 g/mol. The Kier molecular flexibility index (Phi) is 4.83. The van der Waals surface area contributed by atoms with Gasteiger partial charge in [-0.3, -0.25) is 4.98 Å². The van der Waals surface area contributed by atoms with Crippen molar-refractivity contribution in [2.45, 2.75) is 0 Å². The van der Waals surface area contributed by atoms with Crippen molar-refractivity contribution in [2.75, 3.05) is 0 Å². The molecule has 0 bridgehead atoms. The minimum Gasteiger partial charge on any atom is -0.343 e. The first kappa shape index (κ1) is 16.5.